The Morgan fingerprint density at radius 1 is 1.42 bits per heavy atom. The van der Waals surface area contributed by atoms with Crippen molar-refractivity contribution in [2.45, 2.75) is 18.9 Å². The molecule has 0 aromatic rings. The molecular formula is C13H24N4O2. The molecule has 2 aliphatic rings. The molecule has 0 aromatic heterocycles. The predicted molar refractivity (Wildman–Crippen MR) is 72.4 cm³/mol. The lowest BCUT2D eigenvalue weighted by atomic mass is 10.1. The van der Waals surface area contributed by atoms with Crippen LogP contribution in [0.1, 0.15) is 12.8 Å². The number of carbonyl (C=O) groups is 2. The molecule has 2 fully saturated rings. The van der Waals surface area contributed by atoms with Crippen molar-refractivity contribution in [2.75, 3.05) is 46.8 Å². The molecule has 2 rings (SSSR count). The molecule has 0 aromatic carbocycles. The van der Waals surface area contributed by atoms with Crippen LogP contribution in [0.2, 0.25) is 0 Å². The topological polar surface area (TPSA) is 69.9 Å². The first-order chi connectivity index (χ1) is 8.97. The van der Waals surface area contributed by atoms with Crippen molar-refractivity contribution in [3.63, 3.8) is 0 Å². The van der Waals surface area contributed by atoms with Crippen LogP contribution in [0.4, 0.5) is 0 Å². The Morgan fingerprint density at radius 2 is 2.16 bits per heavy atom. The summed E-state index contributed by atoms with van der Waals surface area (Å²) in [5.74, 6) is 0.0392. The maximum Gasteiger partial charge on any atom is 0.228 e. The van der Waals surface area contributed by atoms with Crippen LogP contribution in [0.3, 0.4) is 0 Å². The van der Waals surface area contributed by atoms with Crippen molar-refractivity contribution < 1.29 is 9.59 Å². The first-order valence-electron chi connectivity index (χ1n) is 6.94. The second-order valence-electron chi connectivity index (χ2n) is 5.88. The highest BCUT2D eigenvalue weighted by Crippen LogP contribution is 2.21. The normalized spacial score (nSPS) is 27.7. The molecule has 2 heterocycles. The number of rotatable bonds is 4. The van der Waals surface area contributed by atoms with Crippen LogP contribution < -0.4 is 5.73 Å². The Bertz CT molecular complexity index is 359. The molecule has 108 valence electrons. The minimum Gasteiger partial charge on any atom is -0.341 e. The van der Waals surface area contributed by atoms with E-state index in [-0.39, 0.29) is 23.8 Å². The molecule has 0 unspecified atom stereocenters. The Kier molecular flexibility index (Phi) is 4.42. The van der Waals surface area contributed by atoms with Gasteiger partial charge in [-0.3, -0.25) is 9.59 Å². The number of carbonyl (C=O) groups excluding carboxylic acids is 2. The average Bonchev–Trinajstić information content (AvgIpc) is 2.92. The molecule has 2 aliphatic heterocycles. The number of likely N-dealkylation sites (tertiary alicyclic amines) is 2. The fraction of sp³-hybridized carbons (Fsp3) is 0.846. The molecule has 6 heteroatoms. The highest BCUT2D eigenvalue weighted by molar-refractivity contribution is 5.89. The van der Waals surface area contributed by atoms with Gasteiger partial charge in [-0.25, -0.2) is 0 Å². The summed E-state index contributed by atoms with van der Waals surface area (Å²) in [6, 6.07) is 0.103. The molecule has 6 nitrogen and oxygen atoms in total. The summed E-state index contributed by atoms with van der Waals surface area (Å²) in [5.41, 5.74) is 5.82. The zero-order valence-electron chi connectivity index (χ0n) is 11.8. The van der Waals surface area contributed by atoms with E-state index in [2.05, 4.69) is 0 Å². The first kappa shape index (κ1) is 14.3. The first-order valence-corrected chi connectivity index (χ1v) is 6.94. The zero-order chi connectivity index (χ0) is 14.0. The summed E-state index contributed by atoms with van der Waals surface area (Å²) in [4.78, 5) is 29.9. The van der Waals surface area contributed by atoms with Gasteiger partial charge < -0.3 is 20.4 Å². The lowest BCUT2D eigenvalue weighted by Gasteiger charge is -2.21. The highest BCUT2D eigenvalue weighted by atomic mass is 16.2. The molecule has 2 atom stereocenters. The van der Waals surface area contributed by atoms with Gasteiger partial charge in [-0.15, -0.1) is 0 Å². The maximum atomic E-state index is 12.3. The maximum absolute atomic E-state index is 12.3. The number of likely N-dealkylation sites (N-methyl/N-ethyl adjacent to an activating group) is 1. The van der Waals surface area contributed by atoms with Crippen LogP contribution >= 0.6 is 0 Å². The van der Waals surface area contributed by atoms with Crippen LogP contribution in [-0.2, 0) is 9.59 Å². The fourth-order valence-corrected chi connectivity index (χ4v) is 2.72. The average molecular weight is 268 g/mol. The Balaban J connectivity index is 1.86. The van der Waals surface area contributed by atoms with Gasteiger partial charge in [-0.05, 0) is 20.5 Å². The number of hydrogen-bond donors (Lipinski definition) is 1. The lowest BCUT2D eigenvalue weighted by Crippen LogP contribution is -2.38. The SMILES string of the molecule is CN(C)CCN1C[C@H](C(=O)N2CC[C@@H](N)C2)CC1=O. The van der Waals surface area contributed by atoms with Crippen molar-refractivity contribution in [1.82, 2.24) is 14.7 Å². The number of hydrogen-bond acceptors (Lipinski definition) is 4. The van der Waals surface area contributed by atoms with E-state index in [0.29, 0.717) is 26.1 Å². The Morgan fingerprint density at radius 3 is 2.74 bits per heavy atom. The summed E-state index contributed by atoms with van der Waals surface area (Å²) in [6.45, 7) is 3.48. The lowest BCUT2D eigenvalue weighted by molar-refractivity contribution is -0.134. The highest BCUT2D eigenvalue weighted by Gasteiger charge is 2.37. The number of amides is 2. The summed E-state index contributed by atoms with van der Waals surface area (Å²) in [5, 5.41) is 0. The molecule has 19 heavy (non-hydrogen) atoms. The predicted octanol–water partition coefficient (Wildman–Crippen LogP) is -1.04. The van der Waals surface area contributed by atoms with E-state index >= 15 is 0 Å². The fourth-order valence-electron chi connectivity index (χ4n) is 2.72. The van der Waals surface area contributed by atoms with Crippen LogP contribution in [0, 0.1) is 5.92 Å². The van der Waals surface area contributed by atoms with Crippen molar-refractivity contribution in [3.8, 4) is 0 Å². The molecule has 0 saturated carbocycles. The van der Waals surface area contributed by atoms with Crippen LogP contribution in [0.25, 0.3) is 0 Å². The van der Waals surface area contributed by atoms with Gasteiger partial charge in [0.2, 0.25) is 11.8 Å². The van der Waals surface area contributed by atoms with E-state index in [1.807, 2.05) is 23.9 Å². The van der Waals surface area contributed by atoms with Gasteiger partial charge in [0.1, 0.15) is 0 Å². The molecule has 2 amide bonds. The standard InChI is InChI=1S/C13H24N4O2/c1-15(2)5-6-16-8-10(7-12(16)18)13(19)17-4-3-11(14)9-17/h10-11H,3-9,14H2,1-2H3/t10-,11-/m1/s1. The molecule has 0 aliphatic carbocycles. The third-order valence-electron chi connectivity index (χ3n) is 3.92. The van der Waals surface area contributed by atoms with Crippen molar-refractivity contribution in [1.29, 1.82) is 0 Å². The number of nitrogens with two attached hydrogens (primary N) is 1. The summed E-state index contributed by atoms with van der Waals surface area (Å²) in [6.07, 6.45) is 1.23. The van der Waals surface area contributed by atoms with Gasteiger partial charge in [0.05, 0.1) is 5.92 Å². The summed E-state index contributed by atoms with van der Waals surface area (Å²) < 4.78 is 0. The molecule has 0 spiro atoms. The van der Waals surface area contributed by atoms with Gasteiger partial charge >= 0.3 is 0 Å². The summed E-state index contributed by atoms with van der Waals surface area (Å²) in [7, 11) is 3.96. The Labute approximate surface area is 114 Å². The Hall–Kier alpha value is -1.14. The van der Waals surface area contributed by atoms with E-state index in [9.17, 15) is 9.59 Å². The molecule has 0 radical (unpaired) electrons. The number of nitrogens with zero attached hydrogens (tertiary/aromatic N) is 3. The second kappa shape index (κ2) is 5.88. The minimum absolute atomic E-state index is 0.101. The van der Waals surface area contributed by atoms with Crippen molar-refractivity contribution >= 4 is 11.8 Å². The van der Waals surface area contributed by atoms with E-state index in [1.165, 1.54) is 0 Å². The van der Waals surface area contributed by atoms with E-state index < -0.39 is 0 Å². The second-order valence-corrected chi connectivity index (χ2v) is 5.88. The molecule has 2 saturated heterocycles. The van der Waals surface area contributed by atoms with Gasteiger partial charge in [-0.1, -0.05) is 0 Å². The van der Waals surface area contributed by atoms with Gasteiger partial charge in [-0.2, -0.15) is 0 Å². The van der Waals surface area contributed by atoms with Gasteiger partial charge in [0, 0.05) is 45.2 Å². The van der Waals surface area contributed by atoms with Crippen molar-refractivity contribution in [2.24, 2.45) is 11.7 Å². The van der Waals surface area contributed by atoms with Crippen LogP contribution in [0.5, 0.6) is 0 Å². The third kappa shape index (κ3) is 3.45. The van der Waals surface area contributed by atoms with Gasteiger partial charge in [0.25, 0.3) is 0 Å². The quantitative estimate of drug-likeness (QED) is 0.707. The van der Waals surface area contributed by atoms with Crippen LogP contribution in [0.15, 0.2) is 0 Å². The van der Waals surface area contributed by atoms with E-state index in [0.717, 1.165) is 19.5 Å². The zero-order valence-corrected chi connectivity index (χ0v) is 11.8. The third-order valence-corrected chi connectivity index (χ3v) is 3.92. The van der Waals surface area contributed by atoms with E-state index in [4.69, 9.17) is 5.73 Å². The monoisotopic (exact) mass is 268 g/mol. The molecular weight excluding hydrogens is 244 g/mol. The largest absolute Gasteiger partial charge is 0.341 e. The molecule has 2 N–H and O–H groups in total. The van der Waals surface area contributed by atoms with Crippen molar-refractivity contribution in [3.05, 3.63) is 0 Å². The molecule has 0 bridgehead atoms. The van der Waals surface area contributed by atoms with Gasteiger partial charge in [0.15, 0.2) is 0 Å². The van der Waals surface area contributed by atoms with Crippen LogP contribution in [-0.4, -0.2) is 79.4 Å². The van der Waals surface area contributed by atoms with E-state index in [1.54, 1.807) is 4.90 Å². The summed E-state index contributed by atoms with van der Waals surface area (Å²) >= 11 is 0. The minimum atomic E-state index is -0.167. The smallest absolute Gasteiger partial charge is 0.228 e.